The van der Waals surface area contributed by atoms with E-state index in [0.29, 0.717) is 29.9 Å². The average Bonchev–Trinajstić information content (AvgIpc) is 3.18. The number of nitrogen functional groups attached to an aromatic ring is 1. The first-order valence-corrected chi connectivity index (χ1v) is 11.0. The lowest BCUT2D eigenvalue weighted by Gasteiger charge is -2.12. The number of benzene rings is 2. The number of amides is 1. The van der Waals surface area contributed by atoms with E-state index in [-0.39, 0.29) is 29.3 Å². The Morgan fingerprint density at radius 1 is 1.11 bits per heavy atom. The number of nitriles is 1. The van der Waals surface area contributed by atoms with Gasteiger partial charge in [-0.3, -0.25) is 9.59 Å². The quantitative estimate of drug-likeness (QED) is 0.384. The molecule has 2 aromatic carbocycles. The maximum Gasteiger partial charge on any atom is 0.275 e. The van der Waals surface area contributed by atoms with Gasteiger partial charge in [0.1, 0.15) is 34.8 Å². The first-order chi connectivity index (χ1) is 17.3. The highest BCUT2D eigenvalue weighted by Crippen LogP contribution is 2.21. The molecule has 1 amide bonds. The first-order valence-electron chi connectivity index (χ1n) is 11.0. The van der Waals surface area contributed by atoms with E-state index in [1.54, 1.807) is 13.0 Å². The Balaban J connectivity index is 1.45. The summed E-state index contributed by atoms with van der Waals surface area (Å²) in [6.07, 6.45) is 0.690. The van der Waals surface area contributed by atoms with Crippen molar-refractivity contribution in [2.45, 2.75) is 19.8 Å². The highest BCUT2D eigenvalue weighted by Gasteiger charge is 2.18. The maximum atomic E-state index is 14.2. The maximum absolute atomic E-state index is 14.2. The third-order valence-electron chi connectivity index (χ3n) is 5.46. The van der Waals surface area contributed by atoms with Gasteiger partial charge in [-0.1, -0.05) is 12.1 Å². The van der Waals surface area contributed by atoms with Gasteiger partial charge in [0, 0.05) is 18.3 Å². The number of anilines is 1. The Morgan fingerprint density at radius 3 is 2.53 bits per heavy atom. The second-order valence-corrected chi connectivity index (χ2v) is 7.93. The number of carbonyl (C=O) groups is 1. The van der Waals surface area contributed by atoms with Gasteiger partial charge in [-0.05, 0) is 56.2 Å². The van der Waals surface area contributed by atoms with Gasteiger partial charge in [-0.2, -0.15) is 15.5 Å². The molecule has 0 aliphatic heterocycles. The molecule has 0 saturated carbocycles. The van der Waals surface area contributed by atoms with Gasteiger partial charge in [0.25, 0.3) is 5.91 Å². The molecule has 3 N–H and O–H groups in total. The van der Waals surface area contributed by atoms with Crippen LogP contribution in [0.4, 0.5) is 14.6 Å². The number of rotatable bonds is 7. The average molecular weight is 489 g/mol. The molecule has 0 radical (unpaired) electrons. The minimum atomic E-state index is -0.707. The smallest absolute Gasteiger partial charge is 0.275 e. The van der Waals surface area contributed by atoms with Gasteiger partial charge in [0.15, 0.2) is 5.69 Å². The fourth-order valence-electron chi connectivity index (χ4n) is 3.67. The van der Waals surface area contributed by atoms with Gasteiger partial charge in [-0.15, -0.1) is 0 Å². The van der Waals surface area contributed by atoms with Crippen LogP contribution >= 0.6 is 0 Å². The molecule has 11 heteroatoms. The molecule has 0 atom stereocenters. The molecule has 0 aliphatic rings. The van der Waals surface area contributed by atoms with Crippen molar-refractivity contribution in [2.75, 3.05) is 12.3 Å². The molecule has 4 rings (SSSR count). The molecule has 2 heterocycles. The lowest BCUT2D eigenvalue weighted by molar-refractivity contribution is 0.0945. The Kier molecular flexibility index (Phi) is 6.87. The molecule has 0 unspecified atom stereocenters. The Bertz CT molecular complexity index is 1540. The third-order valence-corrected chi connectivity index (χ3v) is 5.46. The zero-order chi connectivity index (χ0) is 25.8. The summed E-state index contributed by atoms with van der Waals surface area (Å²) in [6.45, 7) is 1.74. The van der Waals surface area contributed by atoms with E-state index in [0.717, 1.165) is 0 Å². The monoisotopic (exact) mass is 489 g/mol. The van der Waals surface area contributed by atoms with Crippen LogP contribution in [0.25, 0.3) is 11.4 Å². The van der Waals surface area contributed by atoms with Gasteiger partial charge in [0.2, 0.25) is 5.43 Å². The molecule has 182 valence electrons. The SMILES string of the molecule is Cc1cc(=O)c(C(=O)NCCCc2nn(-c3ccc(F)cc3)c(N)c2C#N)nn1-c1ccccc1F. The number of nitrogens with zero attached hydrogens (tertiary/aromatic N) is 5. The van der Waals surface area contributed by atoms with E-state index in [1.165, 1.54) is 57.9 Å². The summed E-state index contributed by atoms with van der Waals surface area (Å²) in [6, 6.07) is 14.7. The van der Waals surface area contributed by atoms with E-state index >= 15 is 0 Å². The second kappa shape index (κ2) is 10.2. The van der Waals surface area contributed by atoms with Gasteiger partial charge < -0.3 is 11.1 Å². The summed E-state index contributed by atoms with van der Waals surface area (Å²) >= 11 is 0. The van der Waals surface area contributed by atoms with Crippen molar-refractivity contribution < 1.29 is 13.6 Å². The fourth-order valence-corrected chi connectivity index (χ4v) is 3.67. The van der Waals surface area contributed by atoms with Crippen molar-refractivity contribution in [3.8, 4) is 17.4 Å². The highest BCUT2D eigenvalue weighted by molar-refractivity contribution is 5.92. The van der Waals surface area contributed by atoms with Crippen LogP contribution in [-0.2, 0) is 6.42 Å². The number of carbonyl (C=O) groups excluding carboxylic acids is 1. The Morgan fingerprint density at radius 2 is 1.83 bits per heavy atom. The number of hydrogen-bond acceptors (Lipinski definition) is 6. The molecular weight excluding hydrogens is 468 g/mol. The van der Waals surface area contributed by atoms with Gasteiger partial charge >= 0.3 is 0 Å². The van der Waals surface area contributed by atoms with Gasteiger partial charge in [0.05, 0.1) is 11.4 Å². The van der Waals surface area contributed by atoms with Crippen LogP contribution in [0.1, 0.15) is 33.9 Å². The zero-order valence-corrected chi connectivity index (χ0v) is 19.2. The van der Waals surface area contributed by atoms with Crippen molar-refractivity contribution in [1.29, 1.82) is 5.26 Å². The Labute approximate surface area is 204 Å². The van der Waals surface area contributed by atoms with Gasteiger partial charge in [-0.25, -0.2) is 18.1 Å². The van der Waals surface area contributed by atoms with Crippen molar-refractivity contribution >= 4 is 11.7 Å². The number of aromatic nitrogens is 4. The normalized spacial score (nSPS) is 10.7. The van der Waals surface area contributed by atoms with Crippen LogP contribution in [0.5, 0.6) is 0 Å². The summed E-state index contributed by atoms with van der Waals surface area (Å²) in [4.78, 5) is 25.0. The van der Waals surface area contributed by atoms with Crippen molar-refractivity contribution in [3.05, 3.63) is 99.1 Å². The fraction of sp³-hybridized carbons (Fsp3) is 0.160. The molecule has 0 fully saturated rings. The lowest BCUT2D eigenvalue weighted by atomic mass is 10.1. The standard InChI is InChI=1S/C25H21F2N7O2/c1-15-13-22(35)23(32-33(15)21-7-3-2-5-19(21)27)25(36)30-12-4-6-20-18(14-28)24(29)34(31-20)17-10-8-16(26)9-11-17/h2-3,5,7-11,13H,4,6,12,29H2,1H3,(H,30,36). The molecular formula is C25H21F2N7O2. The van der Waals surface area contributed by atoms with Crippen LogP contribution < -0.4 is 16.5 Å². The summed E-state index contributed by atoms with van der Waals surface area (Å²) < 4.78 is 30.0. The molecule has 0 saturated heterocycles. The van der Waals surface area contributed by atoms with Crippen LogP contribution in [0, 0.1) is 29.9 Å². The molecule has 4 aromatic rings. The van der Waals surface area contributed by atoms with Crippen LogP contribution in [0.15, 0.2) is 59.4 Å². The van der Waals surface area contributed by atoms with Crippen molar-refractivity contribution in [1.82, 2.24) is 24.9 Å². The molecule has 0 aliphatic carbocycles. The van der Waals surface area contributed by atoms with E-state index < -0.39 is 23.0 Å². The second-order valence-electron chi connectivity index (χ2n) is 7.93. The minimum Gasteiger partial charge on any atom is -0.382 e. The number of nitrogens with one attached hydrogen (secondary N) is 1. The predicted molar refractivity (Wildman–Crippen MR) is 128 cm³/mol. The molecule has 9 nitrogen and oxygen atoms in total. The predicted octanol–water partition coefficient (Wildman–Crippen LogP) is 2.82. The summed E-state index contributed by atoms with van der Waals surface area (Å²) in [5.41, 5.74) is 6.70. The molecule has 2 aromatic heterocycles. The third kappa shape index (κ3) is 4.83. The summed E-state index contributed by atoms with van der Waals surface area (Å²) in [5.74, 6) is -1.54. The number of hydrogen-bond donors (Lipinski definition) is 2. The summed E-state index contributed by atoms with van der Waals surface area (Å²) in [7, 11) is 0. The van der Waals surface area contributed by atoms with Crippen LogP contribution in [0.3, 0.4) is 0 Å². The van der Waals surface area contributed by atoms with E-state index in [1.807, 2.05) is 6.07 Å². The molecule has 0 bridgehead atoms. The van der Waals surface area contributed by atoms with E-state index in [2.05, 4.69) is 15.5 Å². The van der Waals surface area contributed by atoms with Crippen molar-refractivity contribution in [3.63, 3.8) is 0 Å². The lowest BCUT2D eigenvalue weighted by Crippen LogP contribution is -2.32. The highest BCUT2D eigenvalue weighted by atomic mass is 19.1. The summed E-state index contributed by atoms with van der Waals surface area (Å²) in [5, 5.41) is 20.6. The number of aryl methyl sites for hydroxylation is 2. The van der Waals surface area contributed by atoms with E-state index in [4.69, 9.17) is 5.73 Å². The topological polar surface area (TPSA) is 132 Å². The number of nitrogens with two attached hydrogens (primary N) is 1. The van der Waals surface area contributed by atoms with Crippen molar-refractivity contribution in [2.24, 2.45) is 0 Å². The minimum absolute atomic E-state index is 0.113. The van der Waals surface area contributed by atoms with Crippen LogP contribution in [0.2, 0.25) is 0 Å². The Hall–Kier alpha value is -4.85. The number of para-hydroxylation sites is 1. The van der Waals surface area contributed by atoms with E-state index in [9.17, 15) is 23.6 Å². The first kappa shape index (κ1) is 24.3. The van der Waals surface area contributed by atoms with Crippen LogP contribution in [-0.4, -0.2) is 32.0 Å². The molecule has 0 spiro atoms. The molecule has 36 heavy (non-hydrogen) atoms. The zero-order valence-electron chi connectivity index (χ0n) is 19.2. The number of halogens is 2. The largest absolute Gasteiger partial charge is 0.382 e.